The molecule has 14 heavy (non-hydrogen) atoms. The van der Waals surface area contributed by atoms with Crippen molar-refractivity contribution < 1.29 is 14.4 Å². The van der Waals surface area contributed by atoms with E-state index < -0.39 is 5.97 Å². The Morgan fingerprint density at radius 2 is 1.93 bits per heavy atom. The van der Waals surface area contributed by atoms with Gasteiger partial charge in [0.25, 0.3) is 5.91 Å². The molecular formula is C10H17NO3. The second-order valence-electron chi connectivity index (χ2n) is 3.35. The van der Waals surface area contributed by atoms with Gasteiger partial charge in [-0.05, 0) is 13.8 Å². The molecule has 0 aliphatic carbocycles. The average molecular weight is 199 g/mol. The van der Waals surface area contributed by atoms with Crippen molar-refractivity contribution in [3.63, 3.8) is 0 Å². The number of hydroxylamine groups is 2. The SMILES string of the molecule is C=C(C)C(=O)ON(CC)C(=O)C(C)C. The summed E-state index contributed by atoms with van der Waals surface area (Å²) >= 11 is 0. The van der Waals surface area contributed by atoms with Crippen molar-refractivity contribution >= 4 is 11.9 Å². The second kappa shape index (κ2) is 5.42. The highest BCUT2D eigenvalue weighted by atomic mass is 16.7. The molecule has 1 amide bonds. The van der Waals surface area contributed by atoms with Crippen molar-refractivity contribution in [1.29, 1.82) is 0 Å². The zero-order chi connectivity index (χ0) is 11.3. The minimum absolute atomic E-state index is 0.187. The van der Waals surface area contributed by atoms with Crippen LogP contribution < -0.4 is 0 Å². The maximum atomic E-state index is 11.5. The van der Waals surface area contributed by atoms with Crippen LogP contribution in [0.25, 0.3) is 0 Å². The molecule has 0 atom stereocenters. The molecule has 0 bridgehead atoms. The van der Waals surface area contributed by atoms with E-state index >= 15 is 0 Å². The third-order valence-corrected chi connectivity index (χ3v) is 1.57. The molecule has 0 N–H and O–H groups in total. The van der Waals surface area contributed by atoms with Crippen molar-refractivity contribution in [1.82, 2.24) is 5.06 Å². The fourth-order valence-corrected chi connectivity index (χ4v) is 0.731. The van der Waals surface area contributed by atoms with Crippen LogP contribution in [-0.2, 0) is 14.4 Å². The standard InChI is InChI=1S/C10H17NO3/c1-6-11(9(12)7(2)3)14-10(13)8(4)5/h7H,4,6H2,1-3,5H3. The Morgan fingerprint density at radius 3 is 2.21 bits per heavy atom. The summed E-state index contributed by atoms with van der Waals surface area (Å²) in [6.07, 6.45) is 0. The molecule has 0 rings (SSSR count). The van der Waals surface area contributed by atoms with Crippen molar-refractivity contribution in [2.45, 2.75) is 27.7 Å². The molecule has 0 aromatic rings. The van der Waals surface area contributed by atoms with Gasteiger partial charge >= 0.3 is 5.97 Å². The molecule has 0 aromatic heterocycles. The summed E-state index contributed by atoms with van der Waals surface area (Å²) in [5, 5.41) is 1.06. The van der Waals surface area contributed by atoms with Gasteiger partial charge in [-0.1, -0.05) is 20.4 Å². The first-order valence-corrected chi connectivity index (χ1v) is 4.59. The van der Waals surface area contributed by atoms with Gasteiger partial charge in [0.15, 0.2) is 0 Å². The molecule has 0 saturated carbocycles. The normalized spacial score (nSPS) is 9.79. The average Bonchev–Trinajstić information content (AvgIpc) is 2.12. The highest BCUT2D eigenvalue weighted by Crippen LogP contribution is 2.04. The lowest BCUT2D eigenvalue weighted by molar-refractivity contribution is -0.195. The lowest BCUT2D eigenvalue weighted by Gasteiger charge is -2.21. The second-order valence-corrected chi connectivity index (χ2v) is 3.35. The topological polar surface area (TPSA) is 46.6 Å². The minimum atomic E-state index is -0.569. The quantitative estimate of drug-likeness (QED) is 0.511. The molecule has 0 radical (unpaired) electrons. The zero-order valence-electron chi connectivity index (χ0n) is 9.16. The van der Waals surface area contributed by atoms with E-state index in [2.05, 4.69) is 6.58 Å². The molecular weight excluding hydrogens is 182 g/mol. The summed E-state index contributed by atoms with van der Waals surface area (Å²) < 4.78 is 0. The molecule has 0 aliphatic rings. The van der Waals surface area contributed by atoms with Crippen LogP contribution in [0, 0.1) is 5.92 Å². The molecule has 0 spiro atoms. The Morgan fingerprint density at radius 1 is 1.43 bits per heavy atom. The zero-order valence-corrected chi connectivity index (χ0v) is 9.16. The first-order chi connectivity index (χ1) is 6.40. The monoisotopic (exact) mass is 199 g/mol. The van der Waals surface area contributed by atoms with Crippen LogP contribution in [0.15, 0.2) is 12.2 Å². The van der Waals surface area contributed by atoms with Crippen molar-refractivity contribution in [2.24, 2.45) is 5.92 Å². The Labute approximate surface area is 84.5 Å². The summed E-state index contributed by atoms with van der Waals surface area (Å²) in [7, 11) is 0. The van der Waals surface area contributed by atoms with Crippen molar-refractivity contribution in [2.75, 3.05) is 6.54 Å². The van der Waals surface area contributed by atoms with Crippen LogP contribution in [0.2, 0.25) is 0 Å². The van der Waals surface area contributed by atoms with Crippen LogP contribution in [0.5, 0.6) is 0 Å². The predicted molar refractivity (Wildman–Crippen MR) is 53.1 cm³/mol. The Kier molecular flexibility index (Phi) is 4.91. The van der Waals surface area contributed by atoms with E-state index in [-0.39, 0.29) is 17.4 Å². The maximum absolute atomic E-state index is 11.5. The highest BCUT2D eigenvalue weighted by molar-refractivity contribution is 5.88. The van der Waals surface area contributed by atoms with Crippen LogP contribution in [0.1, 0.15) is 27.7 Å². The first-order valence-electron chi connectivity index (χ1n) is 4.59. The molecule has 0 aromatic carbocycles. The smallest absolute Gasteiger partial charge is 0.333 e. The minimum Gasteiger partial charge on any atom is -0.333 e. The number of carbonyl (C=O) groups excluding carboxylic acids is 2. The Balaban J connectivity index is 4.37. The maximum Gasteiger partial charge on any atom is 0.358 e. The summed E-state index contributed by atoms with van der Waals surface area (Å²) in [6.45, 7) is 10.6. The fourth-order valence-electron chi connectivity index (χ4n) is 0.731. The van der Waals surface area contributed by atoms with Gasteiger partial charge in [0.2, 0.25) is 0 Å². The van der Waals surface area contributed by atoms with E-state index in [0.29, 0.717) is 6.54 Å². The molecule has 0 unspecified atom stereocenters. The van der Waals surface area contributed by atoms with Crippen LogP contribution in [-0.4, -0.2) is 23.5 Å². The summed E-state index contributed by atoms with van der Waals surface area (Å²) in [5.41, 5.74) is 0.278. The van der Waals surface area contributed by atoms with Crippen LogP contribution in [0.4, 0.5) is 0 Å². The van der Waals surface area contributed by atoms with Gasteiger partial charge in [-0.3, -0.25) is 4.79 Å². The van der Waals surface area contributed by atoms with Crippen molar-refractivity contribution in [3.8, 4) is 0 Å². The largest absolute Gasteiger partial charge is 0.358 e. The summed E-state index contributed by atoms with van der Waals surface area (Å²) in [4.78, 5) is 27.4. The number of nitrogens with zero attached hydrogens (tertiary/aromatic N) is 1. The highest BCUT2D eigenvalue weighted by Gasteiger charge is 2.19. The molecule has 4 nitrogen and oxygen atoms in total. The summed E-state index contributed by atoms with van der Waals surface area (Å²) in [5.74, 6) is -0.962. The van der Waals surface area contributed by atoms with E-state index in [0.717, 1.165) is 5.06 Å². The van der Waals surface area contributed by atoms with Gasteiger partial charge < -0.3 is 4.84 Å². The Hall–Kier alpha value is -1.32. The van der Waals surface area contributed by atoms with Crippen LogP contribution >= 0.6 is 0 Å². The van der Waals surface area contributed by atoms with Gasteiger partial charge in [-0.2, -0.15) is 5.06 Å². The summed E-state index contributed by atoms with van der Waals surface area (Å²) in [6, 6.07) is 0. The van der Waals surface area contributed by atoms with Gasteiger partial charge in [-0.25, -0.2) is 4.79 Å². The number of carbonyl (C=O) groups is 2. The molecule has 0 aliphatic heterocycles. The number of rotatable bonds is 3. The van der Waals surface area contributed by atoms with Crippen LogP contribution in [0.3, 0.4) is 0 Å². The number of amides is 1. The van der Waals surface area contributed by atoms with Gasteiger partial charge in [0.05, 0.1) is 6.54 Å². The molecule has 0 fully saturated rings. The van der Waals surface area contributed by atoms with Gasteiger partial charge in [0.1, 0.15) is 0 Å². The lowest BCUT2D eigenvalue weighted by Crippen LogP contribution is -2.36. The first kappa shape index (κ1) is 12.7. The van der Waals surface area contributed by atoms with Crippen molar-refractivity contribution in [3.05, 3.63) is 12.2 Å². The van der Waals surface area contributed by atoms with E-state index in [1.54, 1.807) is 20.8 Å². The third kappa shape index (κ3) is 3.60. The van der Waals surface area contributed by atoms with Gasteiger partial charge in [0, 0.05) is 11.5 Å². The van der Waals surface area contributed by atoms with E-state index in [1.807, 2.05) is 0 Å². The van der Waals surface area contributed by atoms with E-state index in [9.17, 15) is 9.59 Å². The number of hydrogen-bond acceptors (Lipinski definition) is 3. The fraction of sp³-hybridized carbons (Fsp3) is 0.600. The Bertz CT molecular complexity index is 246. The third-order valence-electron chi connectivity index (χ3n) is 1.57. The molecule has 0 heterocycles. The van der Waals surface area contributed by atoms with E-state index in [1.165, 1.54) is 6.92 Å². The molecule has 0 saturated heterocycles. The lowest BCUT2D eigenvalue weighted by atomic mass is 10.2. The molecule has 4 heteroatoms. The van der Waals surface area contributed by atoms with Gasteiger partial charge in [-0.15, -0.1) is 0 Å². The number of hydrogen-bond donors (Lipinski definition) is 0. The molecule has 80 valence electrons. The predicted octanol–water partition coefficient (Wildman–Crippen LogP) is 1.53. The van der Waals surface area contributed by atoms with E-state index in [4.69, 9.17) is 4.84 Å².